The zero-order chi connectivity index (χ0) is 15.3. The zero-order valence-electron chi connectivity index (χ0n) is 11.8. The van der Waals surface area contributed by atoms with Crippen LogP contribution in [0.2, 0.25) is 0 Å². The van der Waals surface area contributed by atoms with Crippen LogP contribution in [-0.2, 0) is 0 Å². The minimum Gasteiger partial charge on any atom is -0.366 e. The fourth-order valence-electron chi connectivity index (χ4n) is 2.69. The molecule has 0 saturated heterocycles. The first kappa shape index (κ1) is 13.1. The Bertz CT molecular complexity index is 860. The minimum absolute atomic E-state index is 0.166. The van der Waals surface area contributed by atoms with Gasteiger partial charge in [0.1, 0.15) is 12.1 Å². The highest BCUT2D eigenvalue weighted by molar-refractivity contribution is 5.48. The van der Waals surface area contributed by atoms with Crippen molar-refractivity contribution >= 4 is 11.6 Å². The summed E-state index contributed by atoms with van der Waals surface area (Å²) in [4.78, 5) is 8.36. The Kier molecular flexibility index (Phi) is 2.82. The Hall–Kier alpha value is -2.57. The quantitative estimate of drug-likeness (QED) is 0.808. The molecule has 2 atom stereocenters. The number of nitrogens with zero attached hydrogens (tertiary/aromatic N) is 4. The van der Waals surface area contributed by atoms with Crippen molar-refractivity contribution in [3.8, 4) is 0 Å². The van der Waals surface area contributed by atoms with E-state index in [9.17, 15) is 8.78 Å². The molecule has 1 aromatic carbocycles. The van der Waals surface area contributed by atoms with Crippen LogP contribution in [0.4, 0.5) is 14.6 Å². The van der Waals surface area contributed by atoms with E-state index in [2.05, 4.69) is 20.4 Å². The third-order valence-electron chi connectivity index (χ3n) is 3.88. The Balaban J connectivity index is 1.57. The molecule has 7 heteroatoms. The summed E-state index contributed by atoms with van der Waals surface area (Å²) in [6, 6.07) is 6.13. The molecular formula is C15H13F2N5. The van der Waals surface area contributed by atoms with Crippen LogP contribution in [0.5, 0.6) is 0 Å². The Morgan fingerprint density at radius 2 is 2.09 bits per heavy atom. The van der Waals surface area contributed by atoms with E-state index in [0.29, 0.717) is 5.78 Å². The summed E-state index contributed by atoms with van der Waals surface area (Å²) in [5.74, 6) is -0.116. The minimum atomic E-state index is -0.817. The number of fused-ring (bicyclic) bond motifs is 1. The molecule has 2 aromatic heterocycles. The van der Waals surface area contributed by atoms with Gasteiger partial charge >= 0.3 is 0 Å². The summed E-state index contributed by atoms with van der Waals surface area (Å²) in [5, 5.41) is 7.51. The fraction of sp³-hybridized carbons (Fsp3) is 0.267. The molecule has 1 fully saturated rings. The summed E-state index contributed by atoms with van der Waals surface area (Å²) in [6.45, 7) is 1.89. The molecule has 1 saturated carbocycles. The smallest absolute Gasteiger partial charge is 0.254 e. The highest BCUT2D eigenvalue weighted by Crippen LogP contribution is 2.43. The van der Waals surface area contributed by atoms with Crippen molar-refractivity contribution in [2.24, 2.45) is 0 Å². The number of aryl methyl sites for hydroxylation is 1. The molecule has 0 spiro atoms. The van der Waals surface area contributed by atoms with Crippen LogP contribution >= 0.6 is 0 Å². The van der Waals surface area contributed by atoms with Crippen LogP contribution in [-0.4, -0.2) is 25.6 Å². The molecule has 112 valence electrons. The number of rotatable bonds is 3. The lowest BCUT2D eigenvalue weighted by Crippen LogP contribution is -2.10. The maximum Gasteiger partial charge on any atom is 0.254 e. The first-order valence-corrected chi connectivity index (χ1v) is 7.00. The molecule has 0 unspecified atom stereocenters. The highest BCUT2D eigenvalue weighted by Gasteiger charge is 2.39. The maximum atomic E-state index is 13.3. The van der Waals surface area contributed by atoms with E-state index < -0.39 is 11.6 Å². The van der Waals surface area contributed by atoms with E-state index in [-0.39, 0.29) is 12.0 Å². The lowest BCUT2D eigenvalue weighted by atomic mass is 10.1. The summed E-state index contributed by atoms with van der Waals surface area (Å²) in [7, 11) is 0. The molecule has 0 amide bonds. The molecule has 3 aromatic rings. The van der Waals surface area contributed by atoms with Crippen LogP contribution in [0, 0.1) is 18.6 Å². The normalized spacial score (nSPS) is 20.3. The Morgan fingerprint density at radius 3 is 2.91 bits per heavy atom. The van der Waals surface area contributed by atoms with Crippen LogP contribution in [0.15, 0.2) is 30.6 Å². The van der Waals surface area contributed by atoms with Crippen LogP contribution in [0.3, 0.4) is 0 Å². The van der Waals surface area contributed by atoms with Gasteiger partial charge in [-0.2, -0.15) is 14.6 Å². The first-order chi connectivity index (χ1) is 10.6. The van der Waals surface area contributed by atoms with E-state index in [1.807, 2.05) is 13.0 Å². The topological polar surface area (TPSA) is 55.1 Å². The summed E-state index contributed by atoms with van der Waals surface area (Å²) < 4.78 is 27.9. The van der Waals surface area contributed by atoms with E-state index in [1.54, 1.807) is 10.6 Å². The monoisotopic (exact) mass is 301 g/mol. The van der Waals surface area contributed by atoms with Gasteiger partial charge in [0.25, 0.3) is 5.78 Å². The van der Waals surface area contributed by atoms with Gasteiger partial charge in [-0.25, -0.2) is 13.8 Å². The lowest BCUT2D eigenvalue weighted by molar-refractivity contribution is 0.507. The van der Waals surface area contributed by atoms with Crippen molar-refractivity contribution in [2.75, 3.05) is 5.32 Å². The van der Waals surface area contributed by atoms with Gasteiger partial charge in [0.05, 0.1) is 0 Å². The van der Waals surface area contributed by atoms with Crippen molar-refractivity contribution in [3.05, 3.63) is 53.5 Å². The van der Waals surface area contributed by atoms with Gasteiger partial charge in [0.2, 0.25) is 0 Å². The molecule has 5 nitrogen and oxygen atoms in total. The summed E-state index contributed by atoms with van der Waals surface area (Å²) >= 11 is 0. The van der Waals surface area contributed by atoms with Gasteiger partial charge in [-0.3, -0.25) is 0 Å². The van der Waals surface area contributed by atoms with Crippen molar-refractivity contribution in [2.45, 2.75) is 25.3 Å². The third-order valence-corrected chi connectivity index (χ3v) is 3.88. The van der Waals surface area contributed by atoms with Crippen LogP contribution in [0.25, 0.3) is 5.78 Å². The number of hydrogen-bond acceptors (Lipinski definition) is 4. The third kappa shape index (κ3) is 2.18. The SMILES string of the molecule is Cc1cc(N[C@@H]2C[C@H]2c2ccc(F)c(F)c2)n2ncnc2n1. The number of nitrogens with one attached hydrogen (secondary N) is 1. The standard InChI is InChI=1S/C15H13F2N5/c1-8-4-14(22-15(20-8)18-7-19-22)21-13-6-10(13)9-2-3-11(16)12(17)5-9/h2-5,7,10,13,21H,6H2,1H3/t10-,13+/m0/s1. The Morgan fingerprint density at radius 1 is 1.23 bits per heavy atom. The number of hydrogen-bond donors (Lipinski definition) is 1. The number of anilines is 1. The van der Waals surface area contributed by atoms with Crippen molar-refractivity contribution in [1.29, 1.82) is 0 Å². The van der Waals surface area contributed by atoms with Gasteiger partial charge in [-0.1, -0.05) is 6.07 Å². The summed E-state index contributed by atoms with van der Waals surface area (Å²) in [6.07, 6.45) is 2.31. The van der Waals surface area contributed by atoms with Gasteiger partial charge in [0, 0.05) is 23.7 Å². The van der Waals surface area contributed by atoms with Crippen molar-refractivity contribution in [3.63, 3.8) is 0 Å². The van der Waals surface area contributed by atoms with Crippen molar-refractivity contribution < 1.29 is 8.78 Å². The first-order valence-electron chi connectivity index (χ1n) is 7.00. The summed E-state index contributed by atoms with van der Waals surface area (Å²) in [5.41, 5.74) is 1.64. The zero-order valence-corrected chi connectivity index (χ0v) is 11.8. The molecular weight excluding hydrogens is 288 g/mol. The second kappa shape index (κ2) is 4.72. The highest BCUT2D eigenvalue weighted by atomic mass is 19.2. The average Bonchev–Trinajstić information content (AvgIpc) is 3.07. The van der Waals surface area contributed by atoms with Crippen LogP contribution in [0.1, 0.15) is 23.6 Å². The molecule has 0 bridgehead atoms. The molecule has 22 heavy (non-hydrogen) atoms. The maximum absolute atomic E-state index is 13.3. The fourth-order valence-corrected chi connectivity index (χ4v) is 2.69. The molecule has 0 radical (unpaired) electrons. The van der Waals surface area contributed by atoms with E-state index in [1.165, 1.54) is 18.5 Å². The lowest BCUT2D eigenvalue weighted by Gasteiger charge is -2.08. The van der Waals surface area contributed by atoms with E-state index in [0.717, 1.165) is 23.5 Å². The van der Waals surface area contributed by atoms with Gasteiger partial charge in [-0.15, -0.1) is 0 Å². The van der Waals surface area contributed by atoms with Crippen molar-refractivity contribution in [1.82, 2.24) is 19.6 Å². The van der Waals surface area contributed by atoms with Gasteiger partial charge in [0.15, 0.2) is 11.6 Å². The second-order valence-electron chi connectivity index (χ2n) is 5.52. The largest absolute Gasteiger partial charge is 0.366 e. The predicted octanol–water partition coefficient (Wildman–Crippen LogP) is 2.68. The predicted molar refractivity (Wildman–Crippen MR) is 76.6 cm³/mol. The molecule has 0 aliphatic heterocycles. The molecule has 4 rings (SSSR count). The van der Waals surface area contributed by atoms with E-state index in [4.69, 9.17) is 0 Å². The van der Waals surface area contributed by atoms with Gasteiger partial charge in [-0.05, 0) is 31.0 Å². The Labute approximate surface area is 125 Å². The number of benzene rings is 1. The molecule has 1 aliphatic rings. The molecule has 2 heterocycles. The molecule has 1 N–H and O–H groups in total. The number of halogens is 2. The van der Waals surface area contributed by atoms with Crippen LogP contribution < -0.4 is 5.32 Å². The van der Waals surface area contributed by atoms with Gasteiger partial charge < -0.3 is 5.32 Å². The average molecular weight is 301 g/mol. The van der Waals surface area contributed by atoms with E-state index >= 15 is 0 Å². The molecule has 1 aliphatic carbocycles. The second-order valence-corrected chi connectivity index (χ2v) is 5.52. The number of aromatic nitrogens is 4.